The van der Waals surface area contributed by atoms with Crippen molar-refractivity contribution >= 4 is 12.4 Å². The van der Waals surface area contributed by atoms with Gasteiger partial charge in [-0.2, -0.15) is 10.2 Å². The number of rotatable bonds is 9. The molecule has 0 saturated heterocycles. The third-order valence-corrected chi connectivity index (χ3v) is 4.05. The summed E-state index contributed by atoms with van der Waals surface area (Å²) in [6.45, 7) is 2.18. The Morgan fingerprint density at radius 1 is 0.769 bits per heavy atom. The van der Waals surface area contributed by atoms with Gasteiger partial charge in [0.25, 0.3) is 0 Å². The molecule has 0 heterocycles. The second-order valence-electron chi connectivity index (χ2n) is 6.18. The first kappa shape index (κ1) is 19.9. The van der Waals surface area contributed by atoms with E-state index in [1.807, 2.05) is 6.07 Å². The number of aryl methyl sites for hydroxylation is 1. The van der Waals surface area contributed by atoms with Gasteiger partial charge in [-0.15, -0.1) is 0 Å². The summed E-state index contributed by atoms with van der Waals surface area (Å²) < 4.78 is 40.0. The Kier molecular flexibility index (Phi) is 8.06. The molecule has 0 N–H and O–H groups in total. The molecule has 0 bridgehead atoms. The first-order chi connectivity index (χ1) is 12.6. The summed E-state index contributed by atoms with van der Waals surface area (Å²) in [7, 11) is 0. The normalized spacial score (nSPS) is 11.7. The van der Waals surface area contributed by atoms with E-state index in [1.54, 1.807) is 6.07 Å². The van der Waals surface area contributed by atoms with E-state index >= 15 is 0 Å². The highest BCUT2D eigenvalue weighted by Gasteiger charge is 2.02. The minimum absolute atomic E-state index is 0.335. The van der Waals surface area contributed by atoms with Crippen molar-refractivity contribution in [2.45, 2.75) is 45.4 Å². The van der Waals surface area contributed by atoms with E-state index in [1.165, 1.54) is 43.8 Å². The maximum atomic E-state index is 14.1. The average Bonchev–Trinajstić information content (AvgIpc) is 2.63. The van der Waals surface area contributed by atoms with Crippen LogP contribution in [0, 0.1) is 17.5 Å². The predicted molar refractivity (Wildman–Crippen MR) is 100 cm³/mol. The molecule has 2 aromatic carbocycles. The minimum Gasteiger partial charge on any atom is -0.206 e. The highest BCUT2D eigenvalue weighted by Crippen LogP contribution is 2.13. The van der Waals surface area contributed by atoms with Gasteiger partial charge < -0.3 is 0 Å². The van der Waals surface area contributed by atoms with Crippen LogP contribution in [0.5, 0.6) is 0 Å². The molecular formula is C21H23F3N2. The van der Waals surface area contributed by atoms with Gasteiger partial charge in [-0.1, -0.05) is 50.8 Å². The van der Waals surface area contributed by atoms with Gasteiger partial charge in [-0.3, -0.25) is 0 Å². The summed E-state index contributed by atoms with van der Waals surface area (Å²) in [6, 6.07) is 8.51. The lowest BCUT2D eigenvalue weighted by atomic mass is 10.0. The van der Waals surface area contributed by atoms with Gasteiger partial charge in [-0.05, 0) is 42.2 Å². The van der Waals surface area contributed by atoms with Crippen LogP contribution in [0.1, 0.15) is 55.7 Å². The second-order valence-corrected chi connectivity index (χ2v) is 6.18. The first-order valence-electron chi connectivity index (χ1n) is 8.90. The SMILES string of the molecule is CCCCCCCc1ccc(/C=N/N=C/c2ccc(F)c(F)c2)c(F)c1. The van der Waals surface area contributed by atoms with Gasteiger partial charge in [0.15, 0.2) is 11.6 Å². The number of hydrogen-bond acceptors (Lipinski definition) is 2. The standard InChI is InChI=1S/C21H23F3N2/c1-2-3-4-5-6-7-16-8-10-18(20(23)12-16)15-26-25-14-17-9-11-19(22)21(24)13-17/h8-15H,2-7H2,1H3/b25-14+,26-15+. The molecule has 138 valence electrons. The van der Waals surface area contributed by atoms with Gasteiger partial charge in [-0.25, -0.2) is 13.2 Å². The maximum absolute atomic E-state index is 14.1. The Morgan fingerprint density at radius 3 is 2.27 bits per heavy atom. The molecule has 26 heavy (non-hydrogen) atoms. The van der Waals surface area contributed by atoms with Crippen molar-refractivity contribution < 1.29 is 13.2 Å². The molecule has 2 aromatic rings. The smallest absolute Gasteiger partial charge is 0.159 e. The molecule has 0 saturated carbocycles. The van der Waals surface area contributed by atoms with Gasteiger partial charge in [0.2, 0.25) is 0 Å². The van der Waals surface area contributed by atoms with E-state index in [0.29, 0.717) is 11.1 Å². The Morgan fingerprint density at radius 2 is 1.54 bits per heavy atom. The monoisotopic (exact) mass is 360 g/mol. The number of nitrogens with zero attached hydrogens (tertiary/aromatic N) is 2. The van der Waals surface area contributed by atoms with Crippen LogP contribution in [0.3, 0.4) is 0 Å². The van der Waals surface area contributed by atoms with E-state index in [-0.39, 0.29) is 5.82 Å². The van der Waals surface area contributed by atoms with Crippen molar-refractivity contribution in [1.29, 1.82) is 0 Å². The lowest BCUT2D eigenvalue weighted by molar-refractivity contribution is 0.508. The lowest BCUT2D eigenvalue weighted by Crippen LogP contribution is -1.93. The van der Waals surface area contributed by atoms with E-state index in [4.69, 9.17) is 0 Å². The van der Waals surface area contributed by atoms with Crippen LogP contribution in [0.25, 0.3) is 0 Å². The molecule has 0 aliphatic rings. The van der Waals surface area contributed by atoms with Gasteiger partial charge in [0, 0.05) is 5.56 Å². The van der Waals surface area contributed by atoms with E-state index in [0.717, 1.165) is 37.0 Å². The Hall–Kier alpha value is -2.43. The van der Waals surface area contributed by atoms with Crippen molar-refractivity contribution in [2.24, 2.45) is 10.2 Å². The summed E-state index contributed by atoms with van der Waals surface area (Å²) >= 11 is 0. The van der Waals surface area contributed by atoms with Crippen LogP contribution in [-0.4, -0.2) is 12.4 Å². The van der Waals surface area contributed by atoms with Crippen LogP contribution >= 0.6 is 0 Å². The average molecular weight is 360 g/mol. The Bertz CT molecular complexity index is 770. The molecule has 0 spiro atoms. The fourth-order valence-corrected chi connectivity index (χ4v) is 2.55. The zero-order chi connectivity index (χ0) is 18.8. The fourth-order valence-electron chi connectivity index (χ4n) is 2.55. The second kappa shape index (κ2) is 10.5. The van der Waals surface area contributed by atoms with Crippen LogP contribution in [0.2, 0.25) is 0 Å². The number of unbranched alkanes of at least 4 members (excludes halogenated alkanes) is 4. The molecule has 0 radical (unpaired) electrons. The molecule has 0 aliphatic carbocycles. The van der Waals surface area contributed by atoms with Gasteiger partial charge >= 0.3 is 0 Å². The summed E-state index contributed by atoms with van der Waals surface area (Å²) in [5.41, 5.74) is 1.68. The van der Waals surface area contributed by atoms with Crippen LogP contribution in [-0.2, 0) is 6.42 Å². The highest BCUT2D eigenvalue weighted by atomic mass is 19.2. The van der Waals surface area contributed by atoms with E-state index < -0.39 is 11.6 Å². The summed E-state index contributed by atoms with van der Waals surface area (Å²) in [4.78, 5) is 0. The van der Waals surface area contributed by atoms with Crippen molar-refractivity contribution in [3.8, 4) is 0 Å². The molecule has 2 rings (SSSR count). The number of hydrogen-bond donors (Lipinski definition) is 0. The first-order valence-corrected chi connectivity index (χ1v) is 8.90. The summed E-state index contributed by atoms with van der Waals surface area (Å²) in [5.74, 6) is -2.21. The molecule has 0 fully saturated rings. The Labute approximate surface area is 152 Å². The predicted octanol–water partition coefficient (Wildman–Crippen LogP) is 6.07. The van der Waals surface area contributed by atoms with E-state index in [9.17, 15) is 13.2 Å². The van der Waals surface area contributed by atoms with Crippen LogP contribution in [0.15, 0.2) is 46.6 Å². The number of benzene rings is 2. The molecule has 0 aliphatic heterocycles. The van der Waals surface area contributed by atoms with Gasteiger partial charge in [0.05, 0.1) is 12.4 Å². The van der Waals surface area contributed by atoms with Crippen molar-refractivity contribution in [2.75, 3.05) is 0 Å². The third-order valence-electron chi connectivity index (χ3n) is 4.05. The Balaban J connectivity index is 1.89. The molecule has 5 heteroatoms. The van der Waals surface area contributed by atoms with Crippen molar-refractivity contribution in [1.82, 2.24) is 0 Å². The zero-order valence-electron chi connectivity index (χ0n) is 14.9. The molecule has 0 unspecified atom stereocenters. The topological polar surface area (TPSA) is 24.7 Å². The molecule has 0 amide bonds. The van der Waals surface area contributed by atoms with Crippen LogP contribution in [0.4, 0.5) is 13.2 Å². The summed E-state index contributed by atoms with van der Waals surface area (Å²) in [6.07, 6.45) is 9.35. The summed E-state index contributed by atoms with van der Waals surface area (Å²) in [5, 5.41) is 7.50. The van der Waals surface area contributed by atoms with Crippen LogP contribution < -0.4 is 0 Å². The molecule has 0 atom stereocenters. The molecular weight excluding hydrogens is 337 g/mol. The highest BCUT2D eigenvalue weighted by molar-refractivity contribution is 5.82. The minimum atomic E-state index is -0.950. The van der Waals surface area contributed by atoms with Gasteiger partial charge in [0.1, 0.15) is 5.82 Å². The number of halogens is 3. The largest absolute Gasteiger partial charge is 0.206 e. The molecule has 0 aromatic heterocycles. The lowest BCUT2D eigenvalue weighted by Gasteiger charge is -2.03. The maximum Gasteiger partial charge on any atom is 0.159 e. The third kappa shape index (κ3) is 6.47. The zero-order valence-corrected chi connectivity index (χ0v) is 14.9. The van der Waals surface area contributed by atoms with Crippen molar-refractivity contribution in [3.63, 3.8) is 0 Å². The molecule has 2 nitrogen and oxygen atoms in total. The fraction of sp³-hybridized carbons (Fsp3) is 0.333. The van der Waals surface area contributed by atoms with Crippen molar-refractivity contribution in [3.05, 3.63) is 70.5 Å². The quantitative estimate of drug-likeness (QED) is 0.295. The van der Waals surface area contributed by atoms with E-state index in [2.05, 4.69) is 17.1 Å².